The maximum absolute atomic E-state index is 12.1. The number of nitrogens with one attached hydrogen (secondary N) is 2. The van der Waals surface area contributed by atoms with Gasteiger partial charge in [-0.3, -0.25) is 0 Å². The molecule has 0 amide bonds. The molecule has 1 aromatic heterocycles. The minimum atomic E-state index is -3.67. The minimum Gasteiger partial charge on any atom is -0.383 e. The Balaban J connectivity index is 0.00000200. The van der Waals surface area contributed by atoms with Gasteiger partial charge in [0.25, 0.3) is 0 Å². The summed E-state index contributed by atoms with van der Waals surface area (Å²) in [7, 11) is -3.67. The number of hydrogen-bond acceptors (Lipinski definition) is 5. The molecule has 0 radical (unpaired) electrons. The van der Waals surface area contributed by atoms with E-state index in [9.17, 15) is 8.42 Å². The van der Waals surface area contributed by atoms with E-state index < -0.39 is 10.0 Å². The lowest BCUT2D eigenvalue weighted by atomic mass is 10.1. The molecule has 6 nitrogen and oxygen atoms in total. The van der Waals surface area contributed by atoms with Crippen molar-refractivity contribution in [3.05, 3.63) is 17.3 Å². The second-order valence-corrected chi connectivity index (χ2v) is 6.71. The summed E-state index contributed by atoms with van der Waals surface area (Å²) in [6, 6.07) is 1.47. The molecule has 2 heterocycles. The van der Waals surface area contributed by atoms with Crippen LogP contribution in [0.3, 0.4) is 0 Å². The molecule has 1 unspecified atom stereocenters. The number of pyridine rings is 1. The van der Waals surface area contributed by atoms with Gasteiger partial charge in [0.1, 0.15) is 10.7 Å². The lowest BCUT2D eigenvalue weighted by Gasteiger charge is -2.23. The van der Waals surface area contributed by atoms with E-state index in [1.807, 2.05) is 0 Å². The lowest BCUT2D eigenvalue weighted by Crippen LogP contribution is -2.43. The van der Waals surface area contributed by atoms with Crippen LogP contribution in [0.5, 0.6) is 0 Å². The fourth-order valence-corrected chi connectivity index (χ4v) is 3.44. The van der Waals surface area contributed by atoms with Gasteiger partial charge in [-0.2, -0.15) is 0 Å². The average molecular weight is 341 g/mol. The number of rotatable bonds is 4. The van der Waals surface area contributed by atoms with Gasteiger partial charge in [0.05, 0.1) is 5.02 Å². The molecule has 1 aliphatic heterocycles. The molecule has 0 saturated carbocycles. The van der Waals surface area contributed by atoms with Crippen molar-refractivity contribution in [3.8, 4) is 0 Å². The van der Waals surface area contributed by atoms with Gasteiger partial charge in [0.15, 0.2) is 0 Å². The number of aromatic nitrogens is 1. The van der Waals surface area contributed by atoms with Crippen LogP contribution in [0.25, 0.3) is 0 Å². The number of piperidine rings is 1. The van der Waals surface area contributed by atoms with E-state index in [0.29, 0.717) is 6.54 Å². The molecule has 1 saturated heterocycles. The average Bonchev–Trinajstić information content (AvgIpc) is 2.40. The van der Waals surface area contributed by atoms with E-state index in [4.69, 9.17) is 17.3 Å². The van der Waals surface area contributed by atoms with E-state index in [2.05, 4.69) is 15.0 Å². The molecule has 1 atom stereocenters. The van der Waals surface area contributed by atoms with Crippen LogP contribution in [0.1, 0.15) is 19.3 Å². The zero-order chi connectivity index (χ0) is 13.9. The van der Waals surface area contributed by atoms with Crippen molar-refractivity contribution in [1.82, 2.24) is 15.0 Å². The van der Waals surface area contributed by atoms with Crippen LogP contribution >= 0.6 is 24.0 Å². The molecule has 1 fully saturated rings. The van der Waals surface area contributed by atoms with E-state index in [1.165, 1.54) is 12.3 Å². The largest absolute Gasteiger partial charge is 0.383 e. The fourth-order valence-electron chi connectivity index (χ4n) is 2.03. The molecule has 2 rings (SSSR count). The number of nitrogen functional groups attached to an aromatic ring is 1. The Morgan fingerprint density at radius 2 is 2.25 bits per heavy atom. The Labute approximate surface area is 129 Å². The van der Waals surface area contributed by atoms with E-state index in [1.54, 1.807) is 0 Å². The van der Waals surface area contributed by atoms with Crippen molar-refractivity contribution >= 4 is 39.8 Å². The van der Waals surface area contributed by atoms with E-state index in [-0.39, 0.29) is 34.2 Å². The van der Waals surface area contributed by atoms with Crippen molar-refractivity contribution in [1.29, 1.82) is 0 Å². The summed E-state index contributed by atoms with van der Waals surface area (Å²) >= 11 is 5.75. The highest BCUT2D eigenvalue weighted by molar-refractivity contribution is 7.89. The smallest absolute Gasteiger partial charge is 0.244 e. The van der Waals surface area contributed by atoms with Crippen LogP contribution in [0, 0.1) is 0 Å². The molecule has 0 aliphatic carbocycles. The number of sulfonamides is 1. The summed E-state index contributed by atoms with van der Waals surface area (Å²) in [4.78, 5) is 3.68. The van der Waals surface area contributed by atoms with Gasteiger partial charge in [-0.25, -0.2) is 18.1 Å². The van der Waals surface area contributed by atoms with Gasteiger partial charge in [-0.1, -0.05) is 18.0 Å². The summed E-state index contributed by atoms with van der Waals surface area (Å²) in [6.07, 6.45) is 4.53. The highest BCUT2D eigenvalue weighted by atomic mass is 35.5. The van der Waals surface area contributed by atoms with Crippen molar-refractivity contribution in [2.24, 2.45) is 0 Å². The first kappa shape index (κ1) is 17.5. The summed E-state index contributed by atoms with van der Waals surface area (Å²) in [5.41, 5.74) is 5.58. The Morgan fingerprint density at radius 1 is 1.50 bits per heavy atom. The van der Waals surface area contributed by atoms with Crippen molar-refractivity contribution in [2.75, 3.05) is 18.8 Å². The molecular formula is C11H18Cl2N4O2S. The third-order valence-corrected chi connectivity index (χ3v) is 4.73. The van der Waals surface area contributed by atoms with E-state index >= 15 is 0 Å². The SMILES string of the molecule is Cl.Nc1ncc(Cl)cc1S(=O)(=O)NCC1CCCCN1. The first-order valence-electron chi connectivity index (χ1n) is 6.13. The molecule has 0 bridgehead atoms. The third-order valence-electron chi connectivity index (χ3n) is 3.07. The van der Waals surface area contributed by atoms with Crippen LogP contribution in [-0.4, -0.2) is 32.5 Å². The summed E-state index contributed by atoms with van der Waals surface area (Å²) in [5.74, 6) is -0.0477. The molecule has 0 spiro atoms. The predicted octanol–water partition coefficient (Wildman–Crippen LogP) is 1.16. The normalized spacial score (nSPS) is 19.4. The van der Waals surface area contributed by atoms with Crippen molar-refractivity contribution in [3.63, 3.8) is 0 Å². The number of anilines is 1. The highest BCUT2D eigenvalue weighted by Gasteiger charge is 2.21. The Hall–Kier alpha value is -0.600. The maximum atomic E-state index is 12.1. The number of halogens is 2. The second kappa shape index (κ2) is 7.42. The van der Waals surface area contributed by atoms with Crippen molar-refractivity contribution in [2.45, 2.75) is 30.2 Å². The zero-order valence-electron chi connectivity index (χ0n) is 10.8. The highest BCUT2D eigenvalue weighted by Crippen LogP contribution is 2.20. The van der Waals surface area contributed by atoms with Crippen molar-refractivity contribution < 1.29 is 8.42 Å². The maximum Gasteiger partial charge on any atom is 0.244 e. The molecule has 0 aromatic carbocycles. The Morgan fingerprint density at radius 3 is 2.90 bits per heavy atom. The predicted molar refractivity (Wildman–Crippen MR) is 81.7 cm³/mol. The molecule has 20 heavy (non-hydrogen) atoms. The van der Waals surface area contributed by atoms with Gasteiger partial charge in [-0.15, -0.1) is 12.4 Å². The first-order chi connectivity index (χ1) is 8.99. The van der Waals surface area contributed by atoms with Crippen LogP contribution in [0.2, 0.25) is 5.02 Å². The number of nitrogens with two attached hydrogens (primary N) is 1. The van der Waals surface area contributed by atoms with Crippen LogP contribution in [0.4, 0.5) is 5.82 Å². The van der Waals surface area contributed by atoms with Gasteiger partial charge in [0, 0.05) is 18.8 Å². The third kappa shape index (κ3) is 4.46. The standard InChI is InChI=1S/C11H17ClN4O2S.ClH/c12-8-5-10(11(13)15-6-8)19(17,18)16-7-9-3-1-2-4-14-9;/h5-6,9,14,16H,1-4,7H2,(H2,13,15);1H. The Kier molecular flexibility index (Phi) is 6.47. The molecule has 1 aromatic rings. The van der Waals surface area contributed by atoms with Gasteiger partial charge < -0.3 is 11.1 Å². The molecule has 4 N–H and O–H groups in total. The molecule has 9 heteroatoms. The molecule has 1 aliphatic rings. The lowest BCUT2D eigenvalue weighted by molar-refractivity contribution is 0.398. The number of nitrogens with zero attached hydrogens (tertiary/aromatic N) is 1. The molecule has 114 valence electrons. The number of hydrogen-bond donors (Lipinski definition) is 3. The summed E-state index contributed by atoms with van der Waals surface area (Å²) in [6.45, 7) is 1.27. The van der Waals surface area contributed by atoms with Gasteiger partial charge >= 0.3 is 0 Å². The summed E-state index contributed by atoms with van der Waals surface area (Å²) in [5, 5.41) is 3.51. The van der Waals surface area contributed by atoms with E-state index in [0.717, 1.165) is 25.8 Å². The Bertz CT molecular complexity index is 547. The van der Waals surface area contributed by atoms with Gasteiger partial charge in [0.2, 0.25) is 10.0 Å². The zero-order valence-corrected chi connectivity index (χ0v) is 13.2. The first-order valence-corrected chi connectivity index (χ1v) is 7.99. The quantitative estimate of drug-likeness (QED) is 0.764. The van der Waals surface area contributed by atoms with Crippen LogP contribution in [0.15, 0.2) is 17.2 Å². The minimum absolute atomic E-state index is 0. The summed E-state index contributed by atoms with van der Waals surface area (Å²) < 4.78 is 26.8. The van der Waals surface area contributed by atoms with Gasteiger partial charge in [-0.05, 0) is 25.5 Å². The topological polar surface area (TPSA) is 97.1 Å². The second-order valence-electron chi connectivity index (χ2n) is 4.54. The monoisotopic (exact) mass is 340 g/mol. The van der Waals surface area contributed by atoms with Crippen LogP contribution < -0.4 is 15.8 Å². The fraction of sp³-hybridized carbons (Fsp3) is 0.545. The van der Waals surface area contributed by atoms with Crippen LogP contribution in [-0.2, 0) is 10.0 Å². The molecular weight excluding hydrogens is 323 g/mol.